The van der Waals surface area contributed by atoms with Gasteiger partial charge < -0.3 is 9.47 Å². The van der Waals surface area contributed by atoms with Crippen molar-refractivity contribution in [1.82, 2.24) is 14.5 Å². The highest BCUT2D eigenvalue weighted by Crippen LogP contribution is 2.22. The van der Waals surface area contributed by atoms with Crippen LogP contribution in [0, 0.1) is 11.7 Å². The smallest absolute Gasteiger partial charge is 0.133 e. The molecule has 0 saturated carbocycles. The molecule has 3 aromatic rings. The third-order valence-corrected chi connectivity index (χ3v) is 5.22. The van der Waals surface area contributed by atoms with E-state index < -0.39 is 0 Å². The van der Waals surface area contributed by atoms with Crippen LogP contribution >= 0.6 is 0 Å². The Balaban J connectivity index is 1.64. The van der Waals surface area contributed by atoms with E-state index in [0.29, 0.717) is 12.5 Å². The van der Waals surface area contributed by atoms with Crippen molar-refractivity contribution in [2.45, 2.75) is 19.4 Å². The summed E-state index contributed by atoms with van der Waals surface area (Å²) in [4.78, 5) is 7.20. The first kappa shape index (κ1) is 17.0. The first-order chi connectivity index (χ1) is 12.7. The van der Waals surface area contributed by atoms with E-state index in [2.05, 4.69) is 34.7 Å². The Labute approximate surface area is 153 Å². The van der Waals surface area contributed by atoms with Crippen LogP contribution in [0.5, 0.6) is 0 Å². The second kappa shape index (κ2) is 7.42. The summed E-state index contributed by atoms with van der Waals surface area (Å²) in [5.74, 6) is 1.38. The topological polar surface area (TPSA) is 21.1 Å². The Morgan fingerprint density at radius 2 is 1.81 bits per heavy atom. The highest BCUT2D eigenvalue weighted by Gasteiger charge is 2.15. The number of piperidine rings is 1. The van der Waals surface area contributed by atoms with E-state index in [4.69, 9.17) is 4.98 Å². The van der Waals surface area contributed by atoms with Crippen molar-refractivity contribution in [3.63, 3.8) is 0 Å². The Morgan fingerprint density at radius 1 is 1.08 bits per heavy atom. The Morgan fingerprint density at radius 3 is 2.58 bits per heavy atom. The number of allylic oxidation sites excluding steroid dienone is 1. The summed E-state index contributed by atoms with van der Waals surface area (Å²) in [5, 5.41) is 0. The lowest BCUT2D eigenvalue weighted by molar-refractivity contribution is 0.244. The Hall–Kier alpha value is -2.46. The molecule has 134 valence electrons. The molecule has 0 spiro atoms. The fraction of sp³-hybridized carbons (Fsp3) is 0.318. The quantitative estimate of drug-likeness (QED) is 0.687. The zero-order valence-corrected chi connectivity index (χ0v) is 15.1. The van der Waals surface area contributed by atoms with Gasteiger partial charge in [0.05, 0.1) is 11.0 Å². The number of likely N-dealkylation sites (tertiary alicyclic amines) is 1. The zero-order chi connectivity index (χ0) is 17.9. The molecule has 1 saturated heterocycles. The lowest BCUT2D eigenvalue weighted by atomic mass is 9.97. The number of imidazole rings is 1. The van der Waals surface area contributed by atoms with Gasteiger partial charge >= 0.3 is 0 Å². The predicted octanol–water partition coefficient (Wildman–Crippen LogP) is 4.58. The first-order valence-corrected chi connectivity index (χ1v) is 9.25. The van der Waals surface area contributed by atoms with Crippen LogP contribution in [0.3, 0.4) is 0 Å². The maximum absolute atomic E-state index is 13.2. The number of hydrogen-bond donors (Lipinski definition) is 0. The monoisotopic (exact) mass is 349 g/mol. The minimum absolute atomic E-state index is 0.202. The number of para-hydroxylation sites is 2. The van der Waals surface area contributed by atoms with E-state index in [0.717, 1.165) is 35.5 Å². The third-order valence-electron chi connectivity index (χ3n) is 5.22. The van der Waals surface area contributed by atoms with E-state index in [1.54, 1.807) is 0 Å². The van der Waals surface area contributed by atoms with Gasteiger partial charge in [0.1, 0.15) is 11.6 Å². The fourth-order valence-electron chi connectivity index (χ4n) is 3.60. The van der Waals surface area contributed by atoms with Crippen LogP contribution in [0.25, 0.3) is 17.1 Å². The molecule has 1 aliphatic heterocycles. The second-order valence-electron chi connectivity index (χ2n) is 7.17. The molecule has 0 bridgehead atoms. The maximum atomic E-state index is 13.2. The summed E-state index contributed by atoms with van der Waals surface area (Å²) in [7, 11) is 2.18. The van der Waals surface area contributed by atoms with Gasteiger partial charge in [-0.1, -0.05) is 30.3 Å². The molecule has 26 heavy (non-hydrogen) atoms. The van der Waals surface area contributed by atoms with Gasteiger partial charge in [0.2, 0.25) is 0 Å². The largest absolute Gasteiger partial charge is 0.320 e. The highest BCUT2D eigenvalue weighted by molar-refractivity contribution is 5.78. The van der Waals surface area contributed by atoms with Crippen molar-refractivity contribution >= 4 is 17.1 Å². The van der Waals surface area contributed by atoms with Crippen molar-refractivity contribution in [3.8, 4) is 0 Å². The first-order valence-electron chi connectivity index (χ1n) is 9.25. The molecule has 3 nitrogen and oxygen atoms in total. The molecule has 0 atom stereocenters. The summed E-state index contributed by atoms with van der Waals surface area (Å²) in [6.45, 7) is 3.00. The minimum Gasteiger partial charge on any atom is -0.320 e. The van der Waals surface area contributed by atoms with Crippen LogP contribution in [-0.2, 0) is 6.54 Å². The predicted molar refractivity (Wildman–Crippen MR) is 104 cm³/mol. The molecule has 0 N–H and O–H groups in total. The summed E-state index contributed by atoms with van der Waals surface area (Å²) < 4.78 is 15.4. The van der Waals surface area contributed by atoms with Crippen LogP contribution in [0.1, 0.15) is 24.2 Å². The summed E-state index contributed by atoms with van der Waals surface area (Å²) in [6.07, 6.45) is 6.88. The molecule has 1 fully saturated rings. The number of hydrogen-bond acceptors (Lipinski definition) is 2. The van der Waals surface area contributed by atoms with Gasteiger partial charge in [-0.05, 0) is 74.8 Å². The normalized spacial score (nSPS) is 16.7. The van der Waals surface area contributed by atoms with Gasteiger partial charge in [0.15, 0.2) is 0 Å². The number of rotatable bonds is 4. The Kier molecular flexibility index (Phi) is 4.85. The number of halogens is 1. The molecular formula is C22H24FN3. The van der Waals surface area contributed by atoms with Crippen LogP contribution in [-0.4, -0.2) is 34.6 Å². The zero-order valence-electron chi connectivity index (χ0n) is 15.1. The van der Waals surface area contributed by atoms with Crippen molar-refractivity contribution < 1.29 is 4.39 Å². The summed E-state index contributed by atoms with van der Waals surface area (Å²) in [5.41, 5.74) is 3.18. The van der Waals surface area contributed by atoms with E-state index in [1.165, 1.54) is 25.0 Å². The molecular weight excluding hydrogens is 325 g/mol. The van der Waals surface area contributed by atoms with Gasteiger partial charge in [-0.15, -0.1) is 0 Å². The van der Waals surface area contributed by atoms with Crippen molar-refractivity contribution in [2.24, 2.45) is 5.92 Å². The lowest BCUT2D eigenvalue weighted by Crippen LogP contribution is -2.29. The molecule has 4 rings (SSSR count). The molecule has 2 aromatic carbocycles. The number of fused-ring (bicyclic) bond motifs is 1. The van der Waals surface area contributed by atoms with Crippen molar-refractivity contribution in [2.75, 3.05) is 20.1 Å². The number of benzene rings is 2. The van der Waals surface area contributed by atoms with Crippen LogP contribution in [0.4, 0.5) is 4.39 Å². The van der Waals surface area contributed by atoms with E-state index in [9.17, 15) is 4.39 Å². The molecule has 0 aliphatic carbocycles. The maximum Gasteiger partial charge on any atom is 0.133 e. The van der Waals surface area contributed by atoms with Crippen molar-refractivity contribution in [1.29, 1.82) is 0 Å². The molecule has 4 heteroatoms. The van der Waals surface area contributed by atoms with Crippen LogP contribution < -0.4 is 0 Å². The highest BCUT2D eigenvalue weighted by atomic mass is 19.1. The third kappa shape index (κ3) is 3.70. The van der Waals surface area contributed by atoms with Gasteiger partial charge in [-0.2, -0.15) is 0 Å². The van der Waals surface area contributed by atoms with Gasteiger partial charge in [-0.25, -0.2) is 9.37 Å². The standard InChI is InChI=1S/C22H24FN3/c1-25-14-12-17(13-15-25)8-11-22-24-20-4-2-3-5-21(20)26(22)16-18-6-9-19(23)10-7-18/h2-11,17H,12-16H2,1H3. The molecule has 1 aliphatic rings. The van der Waals surface area contributed by atoms with Crippen molar-refractivity contribution in [3.05, 3.63) is 71.8 Å². The SMILES string of the molecule is CN1CCC(C=Cc2nc3ccccc3n2Cc2ccc(F)cc2)CC1. The summed E-state index contributed by atoms with van der Waals surface area (Å²) in [6, 6.07) is 14.9. The average Bonchev–Trinajstić information content (AvgIpc) is 3.01. The fourth-order valence-corrected chi connectivity index (χ4v) is 3.60. The average molecular weight is 349 g/mol. The molecule has 0 unspecified atom stereocenters. The van der Waals surface area contributed by atoms with Gasteiger partial charge in [0, 0.05) is 6.54 Å². The van der Waals surface area contributed by atoms with E-state index >= 15 is 0 Å². The number of nitrogens with zero attached hydrogens (tertiary/aromatic N) is 3. The van der Waals surface area contributed by atoms with Crippen LogP contribution in [0.15, 0.2) is 54.6 Å². The second-order valence-corrected chi connectivity index (χ2v) is 7.17. The number of aromatic nitrogens is 2. The van der Waals surface area contributed by atoms with Crippen LogP contribution in [0.2, 0.25) is 0 Å². The minimum atomic E-state index is -0.202. The molecule has 0 radical (unpaired) electrons. The lowest BCUT2D eigenvalue weighted by Gasteiger charge is -2.26. The van der Waals surface area contributed by atoms with Gasteiger partial charge in [0.25, 0.3) is 0 Å². The molecule has 0 amide bonds. The summed E-state index contributed by atoms with van der Waals surface area (Å²) >= 11 is 0. The van der Waals surface area contributed by atoms with E-state index in [1.807, 2.05) is 30.3 Å². The molecule has 2 heterocycles. The molecule has 1 aromatic heterocycles. The van der Waals surface area contributed by atoms with Gasteiger partial charge in [-0.3, -0.25) is 0 Å². The van der Waals surface area contributed by atoms with E-state index in [-0.39, 0.29) is 5.82 Å². The Bertz CT molecular complexity index is 903.